The third-order valence-electron chi connectivity index (χ3n) is 4.35. The monoisotopic (exact) mass is 372 g/mol. The van der Waals surface area contributed by atoms with E-state index in [1.807, 2.05) is 12.1 Å². The van der Waals surface area contributed by atoms with Crippen molar-refractivity contribution in [1.29, 1.82) is 0 Å². The van der Waals surface area contributed by atoms with E-state index in [2.05, 4.69) is 66.6 Å². The van der Waals surface area contributed by atoms with Crippen molar-refractivity contribution in [3.63, 3.8) is 0 Å². The second kappa shape index (κ2) is 7.32. The molecule has 0 amide bonds. The van der Waals surface area contributed by atoms with E-state index in [0.717, 1.165) is 23.7 Å². The lowest BCUT2D eigenvalue weighted by Gasteiger charge is -2.15. The molecule has 132 valence electrons. The van der Waals surface area contributed by atoms with Crippen LogP contribution in [0.4, 0.5) is 0 Å². The maximum atomic E-state index is 6.14. The minimum atomic E-state index is -1.08. The van der Waals surface area contributed by atoms with E-state index in [1.165, 1.54) is 16.7 Å². The third-order valence-corrected chi connectivity index (χ3v) is 6.26. The molecule has 3 rings (SSSR count). The molecule has 1 aromatic carbocycles. The average Bonchev–Trinajstić information content (AvgIpc) is 2.89. The molecule has 0 bridgehead atoms. The fraction of sp³-hybridized carbons (Fsp3) is 0.350. The molecule has 5 heteroatoms. The van der Waals surface area contributed by atoms with Crippen molar-refractivity contribution in [3.8, 4) is 11.1 Å². The van der Waals surface area contributed by atoms with Crippen molar-refractivity contribution in [2.75, 3.05) is 6.61 Å². The zero-order valence-electron chi connectivity index (χ0n) is 15.3. The molecule has 0 aliphatic rings. The topological polar surface area (TPSA) is 27.1 Å². The molecule has 2 aromatic heterocycles. The van der Waals surface area contributed by atoms with Crippen LogP contribution < -0.4 is 0 Å². The number of rotatable bonds is 6. The summed E-state index contributed by atoms with van der Waals surface area (Å²) in [5.41, 5.74) is 4.51. The lowest BCUT2D eigenvalue weighted by Crippen LogP contribution is -2.22. The normalized spacial score (nSPS) is 12.0. The van der Waals surface area contributed by atoms with Gasteiger partial charge in [-0.1, -0.05) is 55.5 Å². The molecule has 25 heavy (non-hydrogen) atoms. The molecule has 2 heterocycles. The molecule has 0 aliphatic heterocycles. The Labute approximate surface area is 155 Å². The van der Waals surface area contributed by atoms with Crippen molar-refractivity contribution < 1.29 is 4.74 Å². The van der Waals surface area contributed by atoms with Crippen molar-refractivity contribution in [1.82, 2.24) is 9.55 Å². The zero-order valence-corrected chi connectivity index (χ0v) is 17.1. The van der Waals surface area contributed by atoms with E-state index in [-0.39, 0.29) is 0 Å². The van der Waals surface area contributed by atoms with Gasteiger partial charge in [0.05, 0.1) is 0 Å². The quantitative estimate of drug-likeness (QED) is 0.302. The second-order valence-corrected chi connectivity index (χ2v) is 13.7. The van der Waals surface area contributed by atoms with Crippen LogP contribution in [-0.2, 0) is 11.5 Å². The second-order valence-electron chi connectivity index (χ2n) is 7.68. The highest BCUT2D eigenvalue weighted by Gasteiger charge is 2.15. The Morgan fingerprint density at radius 1 is 1.08 bits per heavy atom. The maximum absolute atomic E-state index is 6.14. The summed E-state index contributed by atoms with van der Waals surface area (Å²) >= 11 is 6.14. The SMILES string of the molecule is Cc1ccccc1-c1cn(COCC[Si](C)(C)C)c2nc(Cl)ccc12. The number of pyridine rings is 1. The lowest BCUT2D eigenvalue weighted by atomic mass is 10.0. The van der Waals surface area contributed by atoms with Crippen LogP contribution in [0.15, 0.2) is 42.6 Å². The number of halogens is 1. The molecule has 0 fully saturated rings. The van der Waals surface area contributed by atoms with Gasteiger partial charge in [0.15, 0.2) is 0 Å². The van der Waals surface area contributed by atoms with Gasteiger partial charge >= 0.3 is 0 Å². The minimum absolute atomic E-state index is 0.500. The van der Waals surface area contributed by atoms with Crippen molar-refractivity contribution in [2.45, 2.75) is 39.3 Å². The van der Waals surface area contributed by atoms with Crippen LogP contribution in [-0.4, -0.2) is 24.2 Å². The van der Waals surface area contributed by atoms with Gasteiger partial charge in [-0.2, -0.15) is 0 Å². The largest absolute Gasteiger partial charge is 0.361 e. The molecule has 0 unspecified atom stereocenters. The van der Waals surface area contributed by atoms with Gasteiger partial charge in [-0.05, 0) is 36.2 Å². The van der Waals surface area contributed by atoms with Crippen LogP contribution >= 0.6 is 11.6 Å². The van der Waals surface area contributed by atoms with E-state index in [1.54, 1.807) is 0 Å². The first kappa shape index (κ1) is 18.2. The number of nitrogens with zero attached hydrogens (tertiary/aromatic N) is 2. The number of ether oxygens (including phenoxy) is 1. The summed E-state index contributed by atoms with van der Waals surface area (Å²) < 4.78 is 8.00. The number of aryl methyl sites for hydroxylation is 1. The first-order valence-corrected chi connectivity index (χ1v) is 12.7. The van der Waals surface area contributed by atoms with Gasteiger partial charge in [0.2, 0.25) is 0 Å². The Kier molecular flexibility index (Phi) is 5.32. The highest BCUT2D eigenvalue weighted by molar-refractivity contribution is 6.76. The van der Waals surface area contributed by atoms with Gasteiger partial charge in [0.1, 0.15) is 17.5 Å². The van der Waals surface area contributed by atoms with Gasteiger partial charge in [0, 0.05) is 31.8 Å². The van der Waals surface area contributed by atoms with Crippen LogP contribution in [0.1, 0.15) is 5.56 Å². The number of benzene rings is 1. The van der Waals surface area contributed by atoms with E-state index < -0.39 is 8.07 Å². The van der Waals surface area contributed by atoms with Crippen LogP contribution in [0.25, 0.3) is 22.2 Å². The predicted molar refractivity (Wildman–Crippen MR) is 109 cm³/mol. The Morgan fingerprint density at radius 3 is 2.56 bits per heavy atom. The molecule has 3 aromatic rings. The molecule has 0 atom stereocenters. The molecule has 0 saturated carbocycles. The highest BCUT2D eigenvalue weighted by Crippen LogP contribution is 2.32. The van der Waals surface area contributed by atoms with E-state index >= 15 is 0 Å². The molecule has 0 saturated heterocycles. The molecule has 0 spiro atoms. The van der Waals surface area contributed by atoms with Crippen molar-refractivity contribution in [2.24, 2.45) is 0 Å². The Hall–Kier alpha value is -1.62. The minimum Gasteiger partial charge on any atom is -0.361 e. The molecular formula is C20H25ClN2OSi. The average molecular weight is 373 g/mol. The summed E-state index contributed by atoms with van der Waals surface area (Å²) in [6.45, 7) is 10.5. The van der Waals surface area contributed by atoms with E-state index in [0.29, 0.717) is 11.9 Å². The summed E-state index contributed by atoms with van der Waals surface area (Å²) in [6.07, 6.45) is 2.13. The predicted octanol–water partition coefficient (Wildman–Crippen LogP) is 5.98. The van der Waals surface area contributed by atoms with E-state index in [4.69, 9.17) is 16.3 Å². The smallest absolute Gasteiger partial charge is 0.144 e. The standard InChI is InChI=1S/C20H25ClN2OSi/c1-15-7-5-6-8-16(15)18-13-23(14-24-11-12-25(2,3)4)20-17(18)9-10-19(21)22-20/h5-10,13H,11-12,14H2,1-4H3. The summed E-state index contributed by atoms with van der Waals surface area (Å²) in [4.78, 5) is 4.54. The van der Waals surface area contributed by atoms with Gasteiger partial charge in [-0.3, -0.25) is 0 Å². The van der Waals surface area contributed by atoms with Crippen LogP contribution in [0.5, 0.6) is 0 Å². The van der Waals surface area contributed by atoms with Gasteiger partial charge in [-0.15, -0.1) is 0 Å². The third kappa shape index (κ3) is 4.32. The first-order chi connectivity index (χ1) is 11.8. The highest BCUT2D eigenvalue weighted by atomic mass is 35.5. The maximum Gasteiger partial charge on any atom is 0.144 e. The fourth-order valence-electron chi connectivity index (χ4n) is 2.87. The Morgan fingerprint density at radius 2 is 1.84 bits per heavy atom. The number of fused-ring (bicyclic) bond motifs is 1. The van der Waals surface area contributed by atoms with Crippen LogP contribution in [0, 0.1) is 6.92 Å². The van der Waals surface area contributed by atoms with Crippen molar-refractivity contribution >= 4 is 30.7 Å². The number of aromatic nitrogens is 2. The van der Waals surface area contributed by atoms with Crippen LogP contribution in [0.2, 0.25) is 30.8 Å². The van der Waals surface area contributed by atoms with Crippen molar-refractivity contribution in [3.05, 3.63) is 53.3 Å². The number of hydrogen-bond donors (Lipinski definition) is 0. The Balaban J connectivity index is 1.93. The molecule has 0 aliphatic carbocycles. The Bertz CT molecular complexity index is 883. The molecule has 0 radical (unpaired) electrons. The number of hydrogen-bond acceptors (Lipinski definition) is 2. The molecular weight excluding hydrogens is 348 g/mol. The first-order valence-electron chi connectivity index (χ1n) is 8.64. The lowest BCUT2D eigenvalue weighted by molar-refractivity contribution is 0.0899. The summed E-state index contributed by atoms with van der Waals surface area (Å²) in [7, 11) is -1.08. The van der Waals surface area contributed by atoms with Gasteiger partial charge in [0.25, 0.3) is 0 Å². The molecule has 0 N–H and O–H groups in total. The summed E-state index contributed by atoms with van der Waals surface area (Å²) in [5, 5.41) is 1.61. The van der Waals surface area contributed by atoms with Crippen LogP contribution in [0.3, 0.4) is 0 Å². The summed E-state index contributed by atoms with van der Waals surface area (Å²) in [5.74, 6) is 0. The van der Waals surface area contributed by atoms with Gasteiger partial charge < -0.3 is 9.30 Å². The summed E-state index contributed by atoms with van der Waals surface area (Å²) in [6, 6.07) is 13.5. The molecule has 3 nitrogen and oxygen atoms in total. The van der Waals surface area contributed by atoms with Gasteiger partial charge in [-0.25, -0.2) is 4.98 Å². The fourth-order valence-corrected chi connectivity index (χ4v) is 3.77. The van der Waals surface area contributed by atoms with E-state index in [9.17, 15) is 0 Å². The zero-order chi connectivity index (χ0) is 18.0.